The highest BCUT2D eigenvalue weighted by atomic mass is 16.6. The maximum Gasteiger partial charge on any atom is 0.410 e. The number of nitrogens with zero attached hydrogens (tertiary/aromatic N) is 2. The Morgan fingerprint density at radius 3 is 2.03 bits per heavy atom. The SMILES string of the molecule is CN=C(NCCCNC(=O)OC(C)(C)C)NCC(C)CN(C)C(=O)OC(C)(C)C. The minimum Gasteiger partial charge on any atom is -0.444 e. The van der Waals surface area contributed by atoms with Crippen molar-refractivity contribution in [2.75, 3.05) is 40.3 Å². The third-order valence-electron chi connectivity index (χ3n) is 3.45. The third-order valence-corrected chi connectivity index (χ3v) is 3.45. The summed E-state index contributed by atoms with van der Waals surface area (Å²) < 4.78 is 10.5. The number of hydrogen-bond acceptors (Lipinski definition) is 5. The fraction of sp³-hybridized carbons (Fsp3) is 0.850. The summed E-state index contributed by atoms with van der Waals surface area (Å²) in [7, 11) is 3.43. The van der Waals surface area contributed by atoms with Crippen LogP contribution in [0.2, 0.25) is 0 Å². The van der Waals surface area contributed by atoms with Gasteiger partial charge in [-0.25, -0.2) is 9.59 Å². The number of amides is 2. The number of carbonyl (C=O) groups is 2. The Morgan fingerprint density at radius 1 is 0.966 bits per heavy atom. The molecule has 2 amide bonds. The third kappa shape index (κ3) is 15.4. The van der Waals surface area contributed by atoms with Crippen LogP contribution in [0.4, 0.5) is 9.59 Å². The standard InChI is InChI=1S/C20H41N5O4/c1-15(14-25(9)18(27)29-20(5,6)7)13-24-16(21-8)22-11-10-12-23-17(26)28-19(2,3)4/h15H,10-14H2,1-9H3,(H,23,26)(H2,21,22,24). The quantitative estimate of drug-likeness (QED) is 0.320. The molecule has 170 valence electrons. The molecule has 0 aliphatic carbocycles. The van der Waals surface area contributed by atoms with Gasteiger partial charge < -0.3 is 30.3 Å². The van der Waals surface area contributed by atoms with E-state index in [0.717, 1.165) is 6.42 Å². The van der Waals surface area contributed by atoms with E-state index in [1.165, 1.54) is 0 Å². The first kappa shape index (κ1) is 26.8. The molecule has 0 aromatic carbocycles. The van der Waals surface area contributed by atoms with Crippen molar-refractivity contribution < 1.29 is 19.1 Å². The lowest BCUT2D eigenvalue weighted by atomic mass is 10.1. The molecule has 9 heteroatoms. The van der Waals surface area contributed by atoms with Gasteiger partial charge in [0, 0.05) is 40.3 Å². The predicted octanol–water partition coefficient (Wildman–Crippen LogP) is 2.57. The Hall–Kier alpha value is -2.19. The average molecular weight is 416 g/mol. The summed E-state index contributed by atoms with van der Waals surface area (Å²) in [5.74, 6) is 0.883. The number of alkyl carbamates (subject to hydrolysis) is 1. The van der Waals surface area contributed by atoms with Crippen LogP contribution in [-0.4, -0.2) is 74.5 Å². The summed E-state index contributed by atoms with van der Waals surface area (Å²) in [5.41, 5.74) is -1.00. The smallest absolute Gasteiger partial charge is 0.410 e. The summed E-state index contributed by atoms with van der Waals surface area (Å²) in [6, 6.07) is 0. The highest BCUT2D eigenvalue weighted by molar-refractivity contribution is 5.79. The minimum atomic E-state index is -0.503. The lowest BCUT2D eigenvalue weighted by Gasteiger charge is -2.26. The van der Waals surface area contributed by atoms with Crippen molar-refractivity contribution in [2.24, 2.45) is 10.9 Å². The van der Waals surface area contributed by atoms with E-state index in [0.29, 0.717) is 32.1 Å². The molecule has 0 bridgehead atoms. The number of hydrogen-bond donors (Lipinski definition) is 3. The lowest BCUT2D eigenvalue weighted by Crippen LogP contribution is -2.43. The minimum absolute atomic E-state index is 0.208. The van der Waals surface area contributed by atoms with E-state index in [-0.39, 0.29) is 12.0 Å². The predicted molar refractivity (Wildman–Crippen MR) is 116 cm³/mol. The Bertz CT molecular complexity index is 538. The van der Waals surface area contributed by atoms with Gasteiger partial charge in [-0.05, 0) is 53.9 Å². The Kier molecular flexibility index (Phi) is 11.5. The second-order valence-corrected chi connectivity index (χ2v) is 9.13. The van der Waals surface area contributed by atoms with E-state index in [4.69, 9.17) is 9.47 Å². The van der Waals surface area contributed by atoms with Crippen LogP contribution in [-0.2, 0) is 9.47 Å². The van der Waals surface area contributed by atoms with Crippen LogP contribution in [0.5, 0.6) is 0 Å². The highest BCUT2D eigenvalue weighted by Crippen LogP contribution is 2.10. The maximum atomic E-state index is 12.0. The van der Waals surface area contributed by atoms with Crippen LogP contribution < -0.4 is 16.0 Å². The van der Waals surface area contributed by atoms with Crippen molar-refractivity contribution in [2.45, 2.75) is 66.1 Å². The number of nitrogens with one attached hydrogen (secondary N) is 3. The molecular formula is C20H41N5O4. The second-order valence-electron chi connectivity index (χ2n) is 9.13. The van der Waals surface area contributed by atoms with E-state index in [1.54, 1.807) is 19.0 Å². The van der Waals surface area contributed by atoms with Crippen LogP contribution in [0, 0.1) is 5.92 Å². The molecule has 0 aliphatic heterocycles. The normalized spacial score (nSPS) is 13.3. The van der Waals surface area contributed by atoms with Gasteiger partial charge in [0.15, 0.2) is 5.96 Å². The first-order valence-electron chi connectivity index (χ1n) is 10.1. The van der Waals surface area contributed by atoms with Gasteiger partial charge in [0.2, 0.25) is 0 Å². The first-order valence-corrected chi connectivity index (χ1v) is 10.1. The van der Waals surface area contributed by atoms with Gasteiger partial charge in [-0.1, -0.05) is 6.92 Å². The second kappa shape index (κ2) is 12.4. The first-order chi connectivity index (χ1) is 13.2. The van der Waals surface area contributed by atoms with Gasteiger partial charge in [0.1, 0.15) is 11.2 Å². The molecule has 0 aromatic heterocycles. The Labute approximate surface area is 176 Å². The van der Waals surface area contributed by atoms with Gasteiger partial charge in [-0.15, -0.1) is 0 Å². The van der Waals surface area contributed by atoms with Crippen molar-refractivity contribution >= 4 is 18.1 Å². The van der Waals surface area contributed by atoms with Crippen molar-refractivity contribution in [3.63, 3.8) is 0 Å². The van der Waals surface area contributed by atoms with Crippen molar-refractivity contribution in [1.29, 1.82) is 0 Å². The number of ether oxygens (including phenoxy) is 2. The van der Waals surface area contributed by atoms with Gasteiger partial charge in [0.05, 0.1) is 0 Å². The molecule has 29 heavy (non-hydrogen) atoms. The van der Waals surface area contributed by atoms with E-state index >= 15 is 0 Å². The molecule has 0 aliphatic rings. The molecule has 0 radical (unpaired) electrons. The molecule has 1 unspecified atom stereocenters. The zero-order chi connectivity index (χ0) is 22.7. The summed E-state index contributed by atoms with van der Waals surface area (Å²) in [4.78, 5) is 29.4. The zero-order valence-electron chi connectivity index (χ0n) is 19.6. The van der Waals surface area contributed by atoms with Crippen molar-refractivity contribution in [3.8, 4) is 0 Å². The van der Waals surface area contributed by atoms with Crippen LogP contribution >= 0.6 is 0 Å². The van der Waals surface area contributed by atoms with Gasteiger partial charge in [-0.2, -0.15) is 0 Å². The number of carbonyl (C=O) groups excluding carboxylic acids is 2. The Balaban J connectivity index is 4.07. The van der Waals surface area contributed by atoms with Crippen molar-refractivity contribution in [3.05, 3.63) is 0 Å². The van der Waals surface area contributed by atoms with E-state index in [1.807, 2.05) is 48.5 Å². The molecule has 9 nitrogen and oxygen atoms in total. The molecule has 0 fully saturated rings. The van der Waals surface area contributed by atoms with Crippen LogP contribution in [0.3, 0.4) is 0 Å². The fourth-order valence-corrected chi connectivity index (χ4v) is 2.24. The molecule has 0 spiro atoms. The fourth-order valence-electron chi connectivity index (χ4n) is 2.24. The molecule has 0 heterocycles. The number of rotatable bonds is 8. The van der Waals surface area contributed by atoms with Gasteiger partial charge >= 0.3 is 12.2 Å². The van der Waals surface area contributed by atoms with E-state index < -0.39 is 17.3 Å². The van der Waals surface area contributed by atoms with Gasteiger partial charge in [-0.3, -0.25) is 4.99 Å². The van der Waals surface area contributed by atoms with Crippen LogP contribution in [0.25, 0.3) is 0 Å². The highest BCUT2D eigenvalue weighted by Gasteiger charge is 2.20. The summed E-state index contributed by atoms with van der Waals surface area (Å²) in [5, 5.41) is 9.15. The van der Waals surface area contributed by atoms with E-state index in [2.05, 4.69) is 20.9 Å². The molecule has 0 aromatic rings. The molecule has 0 saturated heterocycles. The largest absolute Gasteiger partial charge is 0.444 e. The molecule has 0 saturated carbocycles. The van der Waals surface area contributed by atoms with Crippen LogP contribution in [0.1, 0.15) is 54.9 Å². The summed E-state index contributed by atoms with van der Waals surface area (Å²) in [6.45, 7) is 15.5. The number of guanidine groups is 1. The molecule has 0 rings (SSSR count). The van der Waals surface area contributed by atoms with Gasteiger partial charge in [0.25, 0.3) is 0 Å². The lowest BCUT2D eigenvalue weighted by molar-refractivity contribution is 0.0277. The molecule has 3 N–H and O–H groups in total. The summed E-state index contributed by atoms with van der Waals surface area (Å²) >= 11 is 0. The number of aliphatic imine (C=N–C) groups is 1. The van der Waals surface area contributed by atoms with Crippen molar-refractivity contribution in [1.82, 2.24) is 20.9 Å². The monoisotopic (exact) mass is 415 g/mol. The maximum absolute atomic E-state index is 12.0. The Morgan fingerprint density at radius 2 is 1.52 bits per heavy atom. The molecular weight excluding hydrogens is 374 g/mol. The topological polar surface area (TPSA) is 104 Å². The zero-order valence-corrected chi connectivity index (χ0v) is 19.6. The van der Waals surface area contributed by atoms with E-state index in [9.17, 15) is 9.59 Å². The molecule has 1 atom stereocenters. The average Bonchev–Trinajstić information content (AvgIpc) is 2.54. The summed E-state index contributed by atoms with van der Waals surface area (Å²) in [6.07, 6.45) is -0.0102. The van der Waals surface area contributed by atoms with Crippen LogP contribution in [0.15, 0.2) is 4.99 Å².